The third kappa shape index (κ3) is 4.75. The van der Waals surface area contributed by atoms with Crippen LogP contribution in [0.15, 0.2) is 36.7 Å². The minimum absolute atomic E-state index is 0.0568. The number of fused-ring (bicyclic) bond motifs is 1. The van der Waals surface area contributed by atoms with E-state index in [1.165, 1.54) is 10.6 Å². The number of nitrogens with two attached hydrogens (primary N) is 2. The molecule has 2 saturated carbocycles. The molecule has 2 aliphatic rings. The summed E-state index contributed by atoms with van der Waals surface area (Å²) in [7, 11) is 0. The van der Waals surface area contributed by atoms with Gasteiger partial charge in [-0.25, -0.2) is 18.7 Å². The van der Waals surface area contributed by atoms with Gasteiger partial charge in [-0.05, 0) is 69.2 Å². The first-order chi connectivity index (χ1) is 17.9. The standard InChI is InChI=1S/C26H30F2N6O4/c1-25(2,37)13-34(14-5-6-18-19(22(30)36)32-23(20(27)28)33(18)12-14)15-8-26(9-15)10-16(11-26)38-24-17(21(29)35)4-3-7-31-24/h3-7,12,15-16,20,37H,8-11,13H2,1-2H3,(H2,29,35)(H2,30,36). The van der Waals surface area contributed by atoms with Crippen molar-refractivity contribution in [1.82, 2.24) is 14.4 Å². The van der Waals surface area contributed by atoms with E-state index in [1.54, 1.807) is 44.3 Å². The first-order valence-corrected chi connectivity index (χ1v) is 12.4. The number of hydrogen-bond donors (Lipinski definition) is 3. The highest BCUT2D eigenvalue weighted by atomic mass is 19.3. The van der Waals surface area contributed by atoms with Crippen molar-refractivity contribution in [3.05, 3.63) is 53.7 Å². The zero-order chi connectivity index (χ0) is 27.4. The normalized spacial score (nSPS) is 22.8. The van der Waals surface area contributed by atoms with Gasteiger partial charge in [-0.1, -0.05) is 0 Å². The molecule has 5 N–H and O–H groups in total. The molecule has 0 atom stereocenters. The fraction of sp³-hybridized carbons (Fsp3) is 0.462. The molecule has 0 aromatic carbocycles. The van der Waals surface area contributed by atoms with Crippen molar-refractivity contribution in [1.29, 1.82) is 0 Å². The van der Waals surface area contributed by atoms with Crippen molar-refractivity contribution in [3.8, 4) is 5.88 Å². The predicted molar refractivity (Wildman–Crippen MR) is 134 cm³/mol. The average Bonchev–Trinajstić information content (AvgIpc) is 3.17. The van der Waals surface area contributed by atoms with Gasteiger partial charge in [0.2, 0.25) is 5.88 Å². The van der Waals surface area contributed by atoms with Gasteiger partial charge in [0.05, 0.1) is 16.8 Å². The van der Waals surface area contributed by atoms with Gasteiger partial charge in [-0.3, -0.25) is 14.0 Å². The van der Waals surface area contributed by atoms with Crippen molar-refractivity contribution in [2.45, 2.75) is 63.7 Å². The van der Waals surface area contributed by atoms with E-state index in [2.05, 4.69) is 9.97 Å². The Morgan fingerprint density at radius 2 is 1.92 bits per heavy atom. The number of carbonyl (C=O) groups excluding carboxylic acids is 2. The molecule has 1 spiro atoms. The van der Waals surface area contributed by atoms with Gasteiger partial charge in [0, 0.05) is 25.0 Å². The molecule has 2 fully saturated rings. The molecule has 2 amide bonds. The largest absolute Gasteiger partial charge is 0.474 e. The molecule has 0 unspecified atom stereocenters. The highest BCUT2D eigenvalue weighted by molar-refractivity contribution is 5.98. The molecule has 202 valence electrons. The second kappa shape index (κ2) is 9.19. The third-order valence-electron chi connectivity index (χ3n) is 7.38. The number of halogens is 2. The van der Waals surface area contributed by atoms with Crippen LogP contribution in [0.25, 0.3) is 5.52 Å². The zero-order valence-electron chi connectivity index (χ0n) is 21.1. The van der Waals surface area contributed by atoms with Crippen molar-refractivity contribution in [3.63, 3.8) is 0 Å². The number of carbonyl (C=O) groups is 2. The highest BCUT2D eigenvalue weighted by Gasteiger charge is 2.55. The molecular weight excluding hydrogens is 498 g/mol. The van der Waals surface area contributed by atoms with Crippen molar-refractivity contribution < 1.29 is 28.2 Å². The number of imidazole rings is 1. The van der Waals surface area contributed by atoms with E-state index in [9.17, 15) is 23.5 Å². The molecular formula is C26H30F2N6O4. The minimum Gasteiger partial charge on any atom is -0.474 e. The van der Waals surface area contributed by atoms with Crippen LogP contribution < -0.4 is 21.1 Å². The monoisotopic (exact) mass is 528 g/mol. The van der Waals surface area contributed by atoms with Gasteiger partial charge in [0.15, 0.2) is 11.5 Å². The number of pyridine rings is 2. The van der Waals surface area contributed by atoms with E-state index in [4.69, 9.17) is 16.2 Å². The van der Waals surface area contributed by atoms with Gasteiger partial charge in [0.25, 0.3) is 18.2 Å². The lowest BCUT2D eigenvalue weighted by Gasteiger charge is -2.60. The van der Waals surface area contributed by atoms with Gasteiger partial charge in [-0.15, -0.1) is 0 Å². The van der Waals surface area contributed by atoms with E-state index in [1.807, 2.05) is 4.90 Å². The van der Waals surface area contributed by atoms with Crippen LogP contribution in [0.5, 0.6) is 5.88 Å². The molecule has 0 saturated heterocycles. The van der Waals surface area contributed by atoms with Crippen LogP contribution in [0.1, 0.15) is 72.6 Å². The molecule has 10 nitrogen and oxygen atoms in total. The van der Waals surface area contributed by atoms with E-state index in [0.717, 1.165) is 25.7 Å². The highest BCUT2D eigenvalue weighted by Crippen LogP contribution is 2.58. The lowest BCUT2D eigenvalue weighted by molar-refractivity contribution is -0.0830. The van der Waals surface area contributed by atoms with Crippen molar-refractivity contribution >= 4 is 23.0 Å². The topological polar surface area (TPSA) is 149 Å². The van der Waals surface area contributed by atoms with Crippen LogP contribution in [-0.2, 0) is 0 Å². The molecule has 3 heterocycles. The Morgan fingerprint density at radius 3 is 2.53 bits per heavy atom. The number of ether oxygens (including phenoxy) is 1. The molecule has 0 bridgehead atoms. The van der Waals surface area contributed by atoms with Crippen LogP contribution >= 0.6 is 0 Å². The lowest BCUT2D eigenvalue weighted by Crippen LogP contribution is -2.60. The Morgan fingerprint density at radius 1 is 1.21 bits per heavy atom. The second-order valence-electron chi connectivity index (χ2n) is 11.0. The molecule has 3 aromatic rings. The summed E-state index contributed by atoms with van der Waals surface area (Å²) in [6, 6.07) is 6.55. The summed E-state index contributed by atoms with van der Waals surface area (Å²) in [5.41, 5.74) is 10.6. The summed E-state index contributed by atoms with van der Waals surface area (Å²) >= 11 is 0. The molecule has 2 aliphatic carbocycles. The van der Waals surface area contributed by atoms with Crippen LogP contribution in [0.3, 0.4) is 0 Å². The quantitative estimate of drug-likeness (QED) is 0.387. The number of anilines is 1. The lowest BCUT2D eigenvalue weighted by atomic mass is 9.52. The maximum atomic E-state index is 13.7. The number of primary amides is 2. The summed E-state index contributed by atoms with van der Waals surface area (Å²) in [6.07, 6.45) is 3.29. The number of aromatic nitrogens is 3. The smallest absolute Gasteiger partial charge is 0.295 e. The number of aliphatic hydroxyl groups is 1. The van der Waals surface area contributed by atoms with Gasteiger partial charge in [0.1, 0.15) is 11.7 Å². The minimum atomic E-state index is -2.90. The average molecular weight is 529 g/mol. The summed E-state index contributed by atoms with van der Waals surface area (Å²) < 4.78 is 34.6. The molecule has 0 aliphatic heterocycles. The number of hydrogen-bond acceptors (Lipinski definition) is 7. The Labute approximate surface area is 217 Å². The van der Waals surface area contributed by atoms with Gasteiger partial charge < -0.3 is 26.2 Å². The molecule has 5 rings (SSSR count). The second-order valence-corrected chi connectivity index (χ2v) is 11.0. The first kappa shape index (κ1) is 25.8. The third-order valence-corrected chi connectivity index (χ3v) is 7.38. The fourth-order valence-electron chi connectivity index (χ4n) is 5.76. The summed E-state index contributed by atoms with van der Waals surface area (Å²) in [6.45, 7) is 3.66. The predicted octanol–water partition coefficient (Wildman–Crippen LogP) is 2.83. The maximum absolute atomic E-state index is 13.7. The molecule has 38 heavy (non-hydrogen) atoms. The van der Waals surface area contributed by atoms with Gasteiger partial charge in [-0.2, -0.15) is 0 Å². The SMILES string of the molecule is CC(C)(O)CN(c1ccc2c(C(N)=O)nc(C(F)F)n2c1)C1CC2(CC(Oc3ncccc3C(N)=O)C2)C1. The molecule has 12 heteroatoms. The fourth-order valence-corrected chi connectivity index (χ4v) is 5.76. The van der Waals surface area contributed by atoms with Crippen LogP contribution in [0.4, 0.5) is 14.5 Å². The molecule has 0 radical (unpaired) electrons. The Hall–Kier alpha value is -3.80. The Bertz CT molecular complexity index is 1390. The first-order valence-electron chi connectivity index (χ1n) is 12.4. The molecule has 3 aromatic heterocycles. The van der Waals surface area contributed by atoms with E-state index in [-0.39, 0.29) is 46.8 Å². The summed E-state index contributed by atoms with van der Waals surface area (Å²) in [5, 5.41) is 10.6. The Balaban J connectivity index is 1.34. The van der Waals surface area contributed by atoms with Crippen molar-refractivity contribution in [2.24, 2.45) is 16.9 Å². The number of rotatable bonds is 9. The number of alkyl halides is 2. The van der Waals surface area contributed by atoms with E-state index < -0.39 is 29.7 Å². The van der Waals surface area contributed by atoms with Crippen LogP contribution in [0.2, 0.25) is 0 Å². The van der Waals surface area contributed by atoms with Crippen LogP contribution in [-0.4, -0.2) is 55.6 Å². The summed E-state index contributed by atoms with van der Waals surface area (Å²) in [4.78, 5) is 33.3. The van der Waals surface area contributed by atoms with Crippen LogP contribution in [0, 0.1) is 5.41 Å². The number of amides is 2. The Kier molecular flexibility index (Phi) is 6.25. The maximum Gasteiger partial charge on any atom is 0.295 e. The van der Waals surface area contributed by atoms with E-state index >= 15 is 0 Å². The summed E-state index contributed by atoms with van der Waals surface area (Å²) in [5.74, 6) is -1.81. The van der Waals surface area contributed by atoms with E-state index in [0.29, 0.717) is 5.69 Å². The number of nitrogens with zero attached hydrogens (tertiary/aromatic N) is 4. The van der Waals surface area contributed by atoms with Gasteiger partial charge >= 0.3 is 0 Å². The van der Waals surface area contributed by atoms with Crippen molar-refractivity contribution in [2.75, 3.05) is 11.4 Å². The zero-order valence-corrected chi connectivity index (χ0v) is 21.1.